The van der Waals surface area contributed by atoms with Crippen molar-refractivity contribution < 1.29 is 0 Å². The van der Waals surface area contributed by atoms with E-state index in [1.165, 1.54) is 22.3 Å². The van der Waals surface area contributed by atoms with Gasteiger partial charge in [0.1, 0.15) is 11.4 Å². The Balaban J connectivity index is 0.995. The highest BCUT2D eigenvalue weighted by atomic mass is 15.2. The SMILES string of the molecule is c1ccc2c(c1)C(=N/N=C1\C/C(=N\N=C3/C/C(=N\N=C4c5ccccc5-c5ccccc54)c4ccccc43)c3ccccc31)c1ccccc1-2. The van der Waals surface area contributed by atoms with Crippen LogP contribution in [-0.2, 0) is 0 Å². The van der Waals surface area contributed by atoms with Crippen LogP contribution in [0, 0.1) is 0 Å². The lowest BCUT2D eigenvalue weighted by Gasteiger charge is -2.00. The fourth-order valence-corrected chi connectivity index (χ4v) is 7.57. The number of rotatable bonds is 3. The van der Waals surface area contributed by atoms with Gasteiger partial charge in [-0.15, -0.1) is 10.2 Å². The Morgan fingerprint density at radius 2 is 0.420 bits per heavy atom. The normalized spacial score (nSPS) is 17.9. The van der Waals surface area contributed by atoms with E-state index in [9.17, 15) is 0 Å². The second kappa shape index (κ2) is 11.5. The van der Waals surface area contributed by atoms with Gasteiger partial charge in [0.15, 0.2) is 0 Å². The minimum atomic E-state index is 0.547. The molecule has 50 heavy (non-hydrogen) atoms. The molecule has 0 radical (unpaired) electrons. The van der Waals surface area contributed by atoms with E-state index in [0.717, 1.165) is 78.8 Å². The van der Waals surface area contributed by atoms with Crippen LogP contribution >= 0.6 is 0 Å². The first-order valence-corrected chi connectivity index (χ1v) is 16.8. The standard InChI is InChI=1S/C44H28N6/c1-9-21-35-27(13-1)28-14-2-10-22-36(28)43(35)49-47-41-25-39(31-17-5-7-19-33(31)41)45-46-40-26-42(34-20-8-6-18-32(34)40)48-50-44-37-23-11-3-15-29(37)30-16-4-12-24-38(30)44/h1-24H,25-26H2/b45-39+,46-40+,47-41+,48-42+. The molecular formula is C44H28N6. The van der Waals surface area contributed by atoms with E-state index in [4.69, 9.17) is 30.6 Å². The smallest absolute Gasteiger partial charge is 0.101 e. The van der Waals surface area contributed by atoms with E-state index < -0.39 is 0 Å². The molecule has 6 heteroatoms. The summed E-state index contributed by atoms with van der Waals surface area (Å²) in [6.07, 6.45) is 1.09. The molecule has 0 unspecified atom stereocenters. The van der Waals surface area contributed by atoms with Crippen molar-refractivity contribution in [2.75, 3.05) is 0 Å². The van der Waals surface area contributed by atoms with Crippen LogP contribution in [0.3, 0.4) is 0 Å². The van der Waals surface area contributed by atoms with Crippen LogP contribution in [0.2, 0.25) is 0 Å². The highest BCUT2D eigenvalue weighted by Gasteiger charge is 2.29. The van der Waals surface area contributed by atoms with Crippen LogP contribution in [0.15, 0.2) is 176 Å². The largest absolute Gasteiger partial charge is 0.154 e. The van der Waals surface area contributed by atoms with E-state index in [2.05, 4.69) is 121 Å². The lowest BCUT2D eigenvalue weighted by Crippen LogP contribution is -2.01. The monoisotopic (exact) mass is 640 g/mol. The zero-order valence-corrected chi connectivity index (χ0v) is 27.0. The quantitative estimate of drug-likeness (QED) is 0.173. The molecule has 0 atom stereocenters. The first-order valence-electron chi connectivity index (χ1n) is 16.8. The van der Waals surface area contributed by atoms with E-state index in [-0.39, 0.29) is 0 Å². The summed E-state index contributed by atoms with van der Waals surface area (Å²) < 4.78 is 0. The van der Waals surface area contributed by atoms with Gasteiger partial charge >= 0.3 is 0 Å². The molecule has 0 saturated carbocycles. The van der Waals surface area contributed by atoms with Gasteiger partial charge in [0.2, 0.25) is 0 Å². The molecule has 0 heterocycles. The van der Waals surface area contributed by atoms with Crippen molar-refractivity contribution in [3.63, 3.8) is 0 Å². The molecule has 0 fully saturated rings. The summed E-state index contributed by atoms with van der Waals surface area (Å²) in [4.78, 5) is 0. The lowest BCUT2D eigenvalue weighted by atomic mass is 10.1. The van der Waals surface area contributed by atoms with Crippen molar-refractivity contribution in [2.24, 2.45) is 30.6 Å². The first kappa shape index (κ1) is 28.4. The third-order valence-electron chi connectivity index (χ3n) is 9.91. The molecule has 0 saturated heterocycles. The van der Waals surface area contributed by atoms with Crippen molar-refractivity contribution in [1.82, 2.24) is 0 Å². The van der Waals surface area contributed by atoms with Crippen LogP contribution in [0.4, 0.5) is 0 Å². The Labute approximate surface area is 289 Å². The van der Waals surface area contributed by atoms with Gasteiger partial charge in [-0.2, -0.15) is 20.4 Å². The van der Waals surface area contributed by atoms with Gasteiger partial charge < -0.3 is 0 Å². The number of hydrogen-bond donors (Lipinski definition) is 0. The summed E-state index contributed by atoms with van der Waals surface area (Å²) >= 11 is 0. The number of benzene rings is 6. The number of hydrogen-bond acceptors (Lipinski definition) is 6. The third-order valence-corrected chi connectivity index (χ3v) is 9.91. The number of nitrogens with zero attached hydrogens (tertiary/aromatic N) is 6. The highest BCUT2D eigenvalue weighted by molar-refractivity contribution is 6.31. The third kappa shape index (κ3) is 4.49. The topological polar surface area (TPSA) is 74.2 Å². The Morgan fingerprint density at radius 3 is 0.680 bits per heavy atom. The summed E-state index contributed by atoms with van der Waals surface area (Å²) in [7, 11) is 0. The van der Waals surface area contributed by atoms with Crippen LogP contribution in [0.5, 0.6) is 0 Å². The summed E-state index contributed by atoms with van der Waals surface area (Å²) in [6.45, 7) is 0. The maximum atomic E-state index is 4.87. The van der Waals surface area contributed by atoms with Gasteiger partial charge in [0, 0.05) is 57.3 Å². The first-order chi connectivity index (χ1) is 24.8. The summed E-state index contributed by atoms with van der Waals surface area (Å²) in [5.41, 5.74) is 18.7. The van der Waals surface area contributed by atoms with Gasteiger partial charge in [0.25, 0.3) is 0 Å². The maximum Gasteiger partial charge on any atom is 0.101 e. The average molecular weight is 641 g/mol. The predicted molar refractivity (Wildman–Crippen MR) is 203 cm³/mol. The van der Waals surface area contributed by atoms with Crippen LogP contribution in [0.25, 0.3) is 22.3 Å². The van der Waals surface area contributed by atoms with E-state index in [1.54, 1.807) is 0 Å². The lowest BCUT2D eigenvalue weighted by molar-refractivity contribution is 1.19. The van der Waals surface area contributed by atoms with Crippen LogP contribution < -0.4 is 0 Å². The Bertz CT molecular complexity index is 2320. The molecule has 4 aliphatic carbocycles. The summed E-state index contributed by atoms with van der Waals surface area (Å²) in [5.74, 6) is 0. The molecule has 10 rings (SSSR count). The van der Waals surface area contributed by atoms with Gasteiger partial charge in [-0.25, -0.2) is 0 Å². The average Bonchev–Trinajstić information content (AvgIpc) is 3.91. The molecule has 6 aromatic carbocycles. The molecular weight excluding hydrogens is 613 g/mol. The van der Waals surface area contributed by atoms with Crippen molar-refractivity contribution >= 4 is 34.3 Å². The molecule has 234 valence electrons. The second-order valence-corrected chi connectivity index (χ2v) is 12.7. The minimum absolute atomic E-state index is 0.547. The van der Waals surface area contributed by atoms with E-state index in [0.29, 0.717) is 12.8 Å². The second-order valence-electron chi connectivity index (χ2n) is 12.7. The molecule has 6 nitrogen and oxygen atoms in total. The van der Waals surface area contributed by atoms with Crippen molar-refractivity contribution in [3.05, 3.63) is 190 Å². The van der Waals surface area contributed by atoms with Crippen LogP contribution in [-0.4, -0.2) is 34.3 Å². The molecule has 0 bridgehead atoms. The fraction of sp³-hybridized carbons (Fsp3) is 0.0455. The predicted octanol–water partition coefficient (Wildman–Crippen LogP) is 9.13. The van der Waals surface area contributed by atoms with Gasteiger partial charge in [-0.05, 0) is 22.3 Å². The van der Waals surface area contributed by atoms with Gasteiger partial charge in [0.05, 0.1) is 22.8 Å². The fourth-order valence-electron chi connectivity index (χ4n) is 7.57. The van der Waals surface area contributed by atoms with Crippen LogP contribution in [0.1, 0.15) is 57.3 Å². The molecule has 0 aliphatic heterocycles. The van der Waals surface area contributed by atoms with Crippen molar-refractivity contribution in [1.29, 1.82) is 0 Å². The van der Waals surface area contributed by atoms with Gasteiger partial charge in [-0.3, -0.25) is 0 Å². The van der Waals surface area contributed by atoms with E-state index in [1.807, 2.05) is 24.3 Å². The summed E-state index contributed by atoms with van der Waals surface area (Å²) in [6, 6.07) is 50.1. The molecule has 0 amide bonds. The zero-order valence-electron chi connectivity index (χ0n) is 27.0. The molecule has 0 spiro atoms. The molecule has 0 N–H and O–H groups in total. The number of fused-ring (bicyclic) bond motifs is 8. The Hall–Kier alpha value is -6.66. The van der Waals surface area contributed by atoms with Crippen molar-refractivity contribution in [2.45, 2.75) is 12.8 Å². The van der Waals surface area contributed by atoms with Crippen molar-refractivity contribution in [3.8, 4) is 22.3 Å². The maximum absolute atomic E-state index is 4.87. The minimum Gasteiger partial charge on any atom is -0.154 e. The van der Waals surface area contributed by atoms with E-state index >= 15 is 0 Å². The molecule has 6 aromatic rings. The highest BCUT2D eigenvalue weighted by Crippen LogP contribution is 2.38. The Morgan fingerprint density at radius 1 is 0.220 bits per heavy atom. The Kier molecular flexibility index (Phi) is 6.52. The zero-order chi connectivity index (χ0) is 33.0. The summed E-state index contributed by atoms with van der Waals surface area (Å²) in [5, 5.41) is 29.2. The molecule has 0 aromatic heterocycles. The molecule has 4 aliphatic rings. The van der Waals surface area contributed by atoms with Gasteiger partial charge in [-0.1, -0.05) is 146 Å².